The summed E-state index contributed by atoms with van der Waals surface area (Å²) in [7, 11) is 3.05. The van der Waals surface area contributed by atoms with Crippen LogP contribution in [0.15, 0.2) is 78.9 Å². The van der Waals surface area contributed by atoms with Crippen molar-refractivity contribution in [3.8, 4) is 51.2 Å². The number of methoxy groups -OCH3 is 2. The maximum Gasteiger partial charge on any atom is 0.433 e. The second-order valence-electron chi connectivity index (χ2n) is 8.69. The molecule has 0 radical (unpaired) electrons. The van der Waals surface area contributed by atoms with Gasteiger partial charge < -0.3 is 9.47 Å². The molecule has 0 unspecified atom stereocenters. The standard InChI is InChI=1S/C29H22ClF3N4O2/c1-17-10-12-18(13-11-17)23-16-24(29(31,32)33)35-28(34-23)37-27(20-7-5-9-22(15-20)39-3)25(30)26(36-37)19-6-4-8-21(14-19)38-2/h4-16H,1-3H3. The van der Waals surface area contributed by atoms with Crippen LogP contribution < -0.4 is 9.47 Å². The zero-order valence-corrected chi connectivity index (χ0v) is 21.9. The van der Waals surface area contributed by atoms with E-state index in [1.165, 1.54) is 18.9 Å². The minimum Gasteiger partial charge on any atom is -0.497 e. The van der Waals surface area contributed by atoms with Gasteiger partial charge in [-0.1, -0.05) is 65.7 Å². The molecule has 5 rings (SSSR count). The van der Waals surface area contributed by atoms with E-state index in [9.17, 15) is 13.2 Å². The Morgan fingerprint density at radius 2 is 1.38 bits per heavy atom. The van der Waals surface area contributed by atoms with Crippen molar-refractivity contribution >= 4 is 11.6 Å². The second kappa shape index (κ2) is 10.4. The fraction of sp³-hybridized carbons (Fsp3) is 0.138. The van der Waals surface area contributed by atoms with E-state index in [1.54, 1.807) is 72.8 Å². The molecule has 0 aliphatic heterocycles. The molecule has 0 saturated heterocycles. The number of ether oxygens (including phenoxy) is 2. The maximum absolute atomic E-state index is 14.0. The van der Waals surface area contributed by atoms with Gasteiger partial charge in [0.05, 0.1) is 30.6 Å². The fourth-order valence-electron chi connectivity index (χ4n) is 4.06. The summed E-state index contributed by atoms with van der Waals surface area (Å²) in [5.74, 6) is 0.817. The fourth-order valence-corrected chi connectivity index (χ4v) is 4.40. The molecule has 2 heterocycles. The van der Waals surface area contributed by atoms with Crippen LogP contribution >= 0.6 is 11.6 Å². The smallest absolute Gasteiger partial charge is 0.433 e. The first-order chi connectivity index (χ1) is 18.7. The van der Waals surface area contributed by atoms with E-state index in [2.05, 4.69) is 15.1 Å². The van der Waals surface area contributed by atoms with E-state index in [0.29, 0.717) is 39.6 Å². The lowest BCUT2D eigenvalue weighted by Crippen LogP contribution is -2.14. The summed E-state index contributed by atoms with van der Waals surface area (Å²) >= 11 is 6.90. The van der Waals surface area contributed by atoms with E-state index in [1.807, 2.05) is 6.92 Å². The number of hydrogen-bond acceptors (Lipinski definition) is 5. The van der Waals surface area contributed by atoms with E-state index < -0.39 is 11.9 Å². The Hall–Kier alpha value is -4.37. The predicted octanol–water partition coefficient (Wildman–Crippen LogP) is 7.66. The number of nitrogens with zero attached hydrogens (tertiary/aromatic N) is 4. The van der Waals surface area contributed by atoms with Crippen molar-refractivity contribution < 1.29 is 22.6 Å². The van der Waals surface area contributed by atoms with Gasteiger partial charge in [0.2, 0.25) is 0 Å². The van der Waals surface area contributed by atoms with Crippen molar-refractivity contribution in [1.82, 2.24) is 19.7 Å². The van der Waals surface area contributed by atoms with Crippen LogP contribution in [0.3, 0.4) is 0 Å². The van der Waals surface area contributed by atoms with Gasteiger partial charge >= 0.3 is 6.18 Å². The summed E-state index contributed by atoms with van der Waals surface area (Å²) in [6.45, 7) is 1.89. The Kier molecular flexibility index (Phi) is 7.01. The predicted molar refractivity (Wildman–Crippen MR) is 143 cm³/mol. The lowest BCUT2D eigenvalue weighted by molar-refractivity contribution is -0.141. The molecule has 39 heavy (non-hydrogen) atoms. The molecule has 0 amide bonds. The quantitative estimate of drug-likeness (QED) is 0.217. The van der Waals surface area contributed by atoms with Crippen LogP contribution in [0, 0.1) is 6.92 Å². The number of rotatable bonds is 6. The summed E-state index contributed by atoms with van der Waals surface area (Å²) in [6.07, 6.45) is -4.72. The molecule has 0 spiro atoms. The highest BCUT2D eigenvalue weighted by molar-refractivity contribution is 6.35. The zero-order chi connectivity index (χ0) is 27.7. The van der Waals surface area contributed by atoms with Crippen molar-refractivity contribution in [2.24, 2.45) is 0 Å². The molecule has 10 heteroatoms. The van der Waals surface area contributed by atoms with Crippen molar-refractivity contribution in [1.29, 1.82) is 0 Å². The first kappa shape index (κ1) is 26.2. The summed E-state index contributed by atoms with van der Waals surface area (Å²) in [5, 5.41) is 4.83. The lowest BCUT2D eigenvalue weighted by Gasteiger charge is -2.13. The Morgan fingerprint density at radius 1 is 0.769 bits per heavy atom. The zero-order valence-electron chi connectivity index (χ0n) is 21.1. The van der Waals surface area contributed by atoms with E-state index in [4.69, 9.17) is 21.1 Å². The molecule has 3 aromatic carbocycles. The second-order valence-corrected chi connectivity index (χ2v) is 9.07. The van der Waals surface area contributed by atoms with Crippen LogP contribution in [0.4, 0.5) is 13.2 Å². The summed E-state index contributed by atoms with van der Waals surface area (Å²) < 4.78 is 54.0. The molecule has 0 aliphatic rings. The lowest BCUT2D eigenvalue weighted by atomic mass is 10.1. The van der Waals surface area contributed by atoms with Gasteiger partial charge in [-0.25, -0.2) is 9.97 Å². The average Bonchev–Trinajstić information content (AvgIpc) is 3.29. The molecule has 5 aromatic rings. The van der Waals surface area contributed by atoms with Crippen molar-refractivity contribution in [3.05, 3.63) is 95.1 Å². The largest absolute Gasteiger partial charge is 0.497 e. The van der Waals surface area contributed by atoms with Gasteiger partial charge in [-0.15, -0.1) is 0 Å². The van der Waals surface area contributed by atoms with Gasteiger partial charge in [-0.05, 0) is 37.3 Å². The number of hydrogen-bond donors (Lipinski definition) is 0. The van der Waals surface area contributed by atoms with Gasteiger partial charge in [0.1, 0.15) is 17.2 Å². The minimum absolute atomic E-state index is 0.0958. The number of halogens is 4. The highest BCUT2D eigenvalue weighted by atomic mass is 35.5. The van der Waals surface area contributed by atoms with Gasteiger partial charge in [-0.3, -0.25) is 0 Å². The summed E-state index contributed by atoms with van der Waals surface area (Å²) in [5.41, 5.74) is 2.25. The van der Waals surface area contributed by atoms with Crippen LogP contribution in [0.2, 0.25) is 5.02 Å². The van der Waals surface area contributed by atoms with Crippen LogP contribution in [-0.2, 0) is 6.18 Å². The molecule has 0 aliphatic carbocycles. The van der Waals surface area contributed by atoms with Crippen LogP contribution in [0.5, 0.6) is 11.5 Å². The molecule has 198 valence electrons. The number of benzene rings is 3. The van der Waals surface area contributed by atoms with Crippen molar-refractivity contribution in [2.75, 3.05) is 14.2 Å². The third-order valence-electron chi connectivity index (χ3n) is 6.06. The highest BCUT2D eigenvalue weighted by Gasteiger charge is 2.35. The molecule has 0 atom stereocenters. The van der Waals surface area contributed by atoms with Crippen molar-refractivity contribution in [2.45, 2.75) is 13.1 Å². The van der Waals surface area contributed by atoms with Crippen LogP contribution in [0.1, 0.15) is 11.3 Å². The summed E-state index contributed by atoms with van der Waals surface area (Å²) in [4.78, 5) is 8.38. The molecular formula is C29H22ClF3N4O2. The number of aryl methyl sites for hydroxylation is 1. The maximum atomic E-state index is 14.0. The molecule has 2 aromatic heterocycles. The van der Waals surface area contributed by atoms with Gasteiger partial charge in [0.25, 0.3) is 5.95 Å². The van der Waals surface area contributed by atoms with Crippen LogP contribution in [-0.4, -0.2) is 34.0 Å². The topological polar surface area (TPSA) is 62.1 Å². The van der Waals surface area contributed by atoms with Gasteiger partial charge in [-0.2, -0.15) is 23.0 Å². The highest BCUT2D eigenvalue weighted by Crippen LogP contribution is 2.40. The van der Waals surface area contributed by atoms with Gasteiger partial charge in [0.15, 0.2) is 5.69 Å². The average molecular weight is 551 g/mol. The van der Waals surface area contributed by atoms with Gasteiger partial charge in [0, 0.05) is 16.7 Å². The normalized spacial score (nSPS) is 11.5. The monoisotopic (exact) mass is 550 g/mol. The molecule has 0 saturated carbocycles. The third-order valence-corrected chi connectivity index (χ3v) is 6.41. The molecule has 0 bridgehead atoms. The van der Waals surface area contributed by atoms with Crippen LogP contribution in [0.25, 0.3) is 39.7 Å². The Labute approximate surface area is 227 Å². The first-order valence-corrected chi connectivity index (χ1v) is 12.2. The van der Waals surface area contributed by atoms with E-state index in [-0.39, 0.29) is 16.7 Å². The first-order valence-electron chi connectivity index (χ1n) is 11.8. The molecule has 0 fully saturated rings. The number of alkyl halides is 3. The molecule has 6 nitrogen and oxygen atoms in total. The summed E-state index contributed by atoms with van der Waals surface area (Å²) in [6, 6.07) is 22.0. The number of aromatic nitrogens is 4. The third kappa shape index (κ3) is 5.31. The van der Waals surface area contributed by atoms with E-state index >= 15 is 0 Å². The minimum atomic E-state index is -4.72. The van der Waals surface area contributed by atoms with E-state index in [0.717, 1.165) is 11.6 Å². The molecular weight excluding hydrogens is 529 g/mol. The molecule has 0 N–H and O–H groups in total. The Bertz CT molecular complexity index is 1650. The SMILES string of the molecule is COc1cccc(-c2nn(-c3nc(-c4ccc(C)cc4)cc(C(F)(F)F)n3)c(-c3cccc(OC)c3)c2Cl)c1. The van der Waals surface area contributed by atoms with Crippen molar-refractivity contribution in [3.63, 3.8) is 0 Å². The Balaban J connectivity index is 1.80. The Morgan fingerprint density at radius 3 is 2.00 bits per heavy atom.